The Morgan fingerprint density at radius 2 is 1.79 bits per heavy atom. The highest BCUT2D eigenvalue weighted by Gasteiger charge is 2.51. The summed E-state index contributed by atoms with van der Waals surface area (Å²) in [7, 11) is 0. The maximum Gasteiger partial charge on any atom is 0.225 e. The molecule has 2 N–H and O–H groups in total. The summed E-state index contributed by atoms with van der Waals surface area (Å²) in [5.41, 5.74) is 5.40. The van der Waals surface area contributed by atoms with Crippen LogP contribution in [0.5, 0.6) is 5.75 Å². The van der Waals surface area contributed by atoms with Crippen LogP contribution in [0.1, 0.15) is 75.7 Å². The van der Waals surface area contributed by atoms with Gasteiger partial charge in [0.15, 0.2) is 5.82 Å². The number of amides is 1. The van der Waals surface area contributed by atoms with E-state index in [1.165, 1.54) is 38.5 Å². The molecule has 1 amide bonds. The van der Waals surface area contributed by atoms with Crippen molar-refractivity contribution in [3.8, 4) is 17.0 Å². The van der Waals surface area contributed by atoms with Crippen molar-refractivity contribution in [2.45, 2.75) is 78.1 Å². The smallest absolute Gasteiger partial charge is 0.225 e. The van der Waals surface area contributed by atoms with Gasteiger partial charge in [-0.05, 0) is 111 Å². The molecule has 5 heteroatoms. The monoisotopic (exact) mass is 445 g/mol. The molecular weight excluding hydrogens is 410 g/mol. The van der Waals surface area contributed by atoms with Gasteiger partial charge >= 0.3 is 0 Å². The molecule has 4 fully saturated rings. The van der Waals surface area contributed by atoms with E-state index in [1.54, 1.807) is 6.07 Å². The molecule has 1 aromatic heterocycles. The highest BCUT2D eigenvalue weighted by molar-refractivity contribution is 5.90. The summed E-state index contributed by atoms with van der Waals surface area (Å²) in [4.78, 5) is 23.0. The Kier molecular flexibility index (Phi) is 5.00. The summed E-state index contributed by atoms with van der Waals surface area (Å²) in [5, 5.41) is 13.1. The molecule has 0 saturated heterocycles. The van der Waals surface area contributed by atoms with Crippen LogP contribution in [0.15, 0.2) is 18.2 Å². The zero-order chi connectivity index (χ0) is 22.7. The summed E-state index contributed by atoms with van der Waals surface area (Å²) >= 11 is 0. The first-order valence-corrected chi connectivity index (χ1v) is 12.9. The van der Waals surface area contributed by atoms with E-state index in [0.717, 1.165) is 65.2 Å². The van der Waals surface area contributed by atoms with Crippen LogP contribution in [0.4, 0.5) is 5.82 Å². The van der Waals surface area contributed by atoms with Crippen molar-refractivity contribution in [2.75, 3.05) is 5.32 Å². The van der Waals surface area contributed by atoms with Crippen molar-refractivity contribution in [3.05, 3.63) is 35.2 Å². The highest BCUT2D eigenvalue weighted by Crippen LogP contribution is 2.61. The van der Waals surface area contributed by atoms with E-state index in [1.807, 2.05) is 12.1 Å². The molecule has 5 nitrogen and oxygen atoms in total. The Hall–Kier alpha value is -2.43. The zero-order valence-corrected chi connectivity index (χ0v) is 19.9. The number of aryl methyl sites for hydroxylation is 2. The van der Waals surface area contributed by atoms with Crippen molar-refractivity contribution in [2.24, 2.45) is 29.1 Å². The normalized spacial score (nSPS) is 29.1. The van der Waals surface area contributed by atoms with Gasteiger partial charge in [0.05, 0.1) is 17.1 Å². The van der Waals surface area contributed by atoms with Crippen molar-refractivity contribution in [1.82, 2.24) is 9.97 Å². The number of nitrogens with one attached hydrogen (secondary N) is 1. The minimum Gasteiger partial charge on any atom is -0.508 e. The molecule has 7 rings (SSSR count). The van der Waals surface area contributed by atoms with Crippen molar-refractivity contribution >= 4 is 11.7 Å². The number of benzene rings is 1. The number of anilines is 1. The number of carbonyl (C=O) groups is 1. The van der Waals surface area contributed by atoms with E-state index in [9.17, 15) is 9.90 Å². The number of rotatable bonds is 5. The van der Waals surface area contributed by atoms with E-state index >= 15 is 0 Å². The Morgan fingerprint density at radius 3 is 2.45 bits per heavy atom. The first-order valence-electron chi connectivity index (χ1n) is 12.9. The molecule has 33 heavy (non-hydrogen) atoms. The van der Waals surface area contributed by atoms with E-state index in [4.69, 9.17) is 9.97 Å². The molecule has 0 radical (unpaired) electrons. The van der Waals surface area contributed by atoms with Crippen molar-refractivity contribution < 1.29 is 9.90 Å². The first-order chi connectivity index (χ1) is 15.9. The van der Waals surface area contributed by atoms with Crippen molar-refractivity contribution in [1.29, 1.82) is 0 Å². The average molecular weight is 446 g/mol. The fraction of sp³-hybridized carbons (Fsp3) is 0.607. The molecule has 5 aliphatic carbocycles. The molecule has 5 aliphatic rings. The second-order valence-electron chi connectivity index (χ2n) is 11.9. The Morgan fingerprint density at radius 1 is 1.09 bits per heavy atom. The zero-order valence-electron chi connectivity index (χ0n) is 19.9. The predicted octanol–water partition coefficient (Wildman–Crippen LogP) is 5.69. The second kappa shape index (κ2) is 7.82. The predicted molar refractivity (Wildman–Crippen MR) is 129 cm³/mol. The average Bonchev–Trinajstić information content (AvgIpc) is 2.72. The third kappa shape index (κ3) is 3.94. The van der Waals surface area contributed by atoms with Gasteiger partial charge in [-0.15, -0.1) is 0 Å². The second-order valence-corrected chi connectivity index (χ2v) is 11.9. The van der Waals surface area contributed by atoms with E-state index < -0.39 is 0 Å². The molecule has 0 unspecified atom stereocenters. The maximum absolute atomic E-state index is 12.7. The van der Waals surface area contributed by atoms with Gasteiger partial charge in [-0.2, -0.15) is 0 Å². The molecule has 4 bridgehead atoms. The van der Waals surface area contributed by atoms with Crippen LogP contribution < -0.4 is 5.32 Å². The fourth-order valence-electron chi connectivity index (χ4n) is 7.80. The SMILES string of the molecule is CC(C)CC(=O)Nc1nc2c(nc1CC13CC4CC(CC(C4)C1)C3)-c1ccc(O)cc1CC2. The summed E-state index contributed by atoms with van der Waals surface area (Å²) < 4.78 is 0. The lowest BCUT2D eigenvalue weighted by atomic mass is 9.48. The van der Waals surface area contributed by atoms with Gasteiger partial charge < -0.3 is 10.4 Å². The summed E-state index contributed by atoms with van der Waals surface area (Å²) in [5.74, 6) is 3.97. The fourth-order valence-corrected chi connectivity index (χ4v) is 7.80. The number of phenols is 1. The number of aromatic hydroxyl groups is 1. The van der Waals surface area contributed by atoms with Crippen LogP contribution in [0.2, 0.25) is 0 Å². The third-order valence-electron chi connectivity index (χ3n) is 8.57. The van der Waals surface area contributed by atoms with Crippen LogP contribution in [-0.4, -0.2) is 21.0 Å². The molecule has 2 aromatic rings. The third-order valence-corrected chi connectivity index (χ3v) is 8.57. The summed E-state index contributed by atoms with van der Waals surface area (Å²) in [6, 6.07) is 5.58. The lowest BCUT2D eigenvalue weighted by molar-refractivity contribution is -0.116. The van der Waals surface area contributed by atoms with Crippen LogP contribution in [-0.2, 0) is 24.1 Å². The standard InChI is InChI=1S/C28H35N3O2/c1-16(2)7-25(33)31-27-24(15-28-12-17-8-18(13-28)10-19(9-17)14-28)29-26-22-5-4-21(32)11-20(22)3-6-23(26)30-27/h4-5,11,16-19,32H,3,6-10,12-15H2,1-2H3,(H,30,31,33). The number of carbonyl (C=O) groups excluding carboxylic acids is 1. The highest BCUT2D eigenvalue weighted by atomic mass is 16.3. The Bertz CT molecular complexity index is 1070. The number of hydrogen-bond acceptors (Lipinski definition) is 4. The minimum absolute atomic E-state index is 0.0344. The van der Waals surface area contributed by atoms with Gasteiger partial charge in [0.25, 0.3) is 0 Å². The van der Waals surface area contributed by atoms with Crippen molar-refractivity contribution in [3.63, 3.8) is 0 Å². The summed E-state index contributed by atoms with van der Waals surface area (Å²) in [6.07, 6.45) is 11.2. The lowest BCUT2D eigenvalue weighted by Gasteiger charge is -2.57. The molecule has 1 aromatic carbocycles. The minimum atomic E-state index is 0.0344. The van der Waals surface area contributed by atoms with Crippen LogP contribution >= 0.6 is 0 Å². The van der Waals surface area contributed by atoms with E-state index in [0.29, 0.717) is 29.3 Å². The molecule has 1 heterocycles. The Balaban J connectivity index is 1.39. The number of aromatic nitrogens is 2. The molecule has 0 aliphatic heterocycles. The van der Waals surface area contributed by atoms with E-state index in [-0.39, 0.29) is 5.91 Å². The topological polar surface area (TPSA) is 75.1 Å². The van der Waals surface area contributed by atoms with E-state index in [2.05, 4.69) is 19.2 Å². The van der Waals surface area contributed by atoms with Gasteiger partial charge in [0.1, 0.15) is 5.75 Å². The van der Waals surface area contributed by atoms with Gasteiger partial charge in [-0.25, -0.2) is 9.97 Å². The number of fused-ring (bicyclic) bond motifs is 3. The van der Waals surface area contributed by atoms with Gasteiger partial charge in [-0.3, -0.25) is 4.79 Å². The quantitative estimate of drug-likeness (QED) is 0.620. The maximum atomic E-state index is 12.7. The van der Waals surface area contributed by atoms with Gasteiger partial charge in [0, 0.05) is 12.0 Å². The molecular formula is C28H35N3O2. The van der Waals surface area contributed by atoms with Gasteiger partial charge in [-0.1, -0.05) is 13.8 Å². The van der Waals surface area contributed by atoms with Crippen LogP contribution in [0.25, 0.3) is 11.3 Å². The first kappa shape index (κ1) is 21.1. The number of phenolic OH excluding ortho intramolecular Hbond substituents is 1. The summed E-state index contributed by atoms with van der Waals surface area (Å²) in [6.45, 7) is 4.14. The number of hydrogen-bond donors (Lipinski definition) is 2. The Labute approximate surface area is 196 Å². The largest absolute Gasteiger partial charge is 0.508 e. The molecule has 0 atom stereocenters. The molecule has 174 valence electrons. The van der Waals surface area contributed by atoms with Crippen LogP contribution in [0, 0.1) is 29.1 Å². The number of nitrogens with zero attached hydrogens (tertiary/aromatic N) is 2. The molecule has 4 saturated carbocycles. The molecule has 0 spiro atoms. The van der Waals surface area contributed by atoms with Gasteiger partial charge in [0.2, 0.25) is 5.91 Å². The lowest BCUT2D eigenvalue weighted by Crippen LogP contribution is -2.47. The van der Waals surface area contributed by atoms with Crippen LogP contribution in [0.3, 0.4) is 0 Å².